The third-order valence-corrected chi connectivity index (χ3v) is 3.60. The molecule has 6 nitrogen and oxygen atoms in total. The normalized spacial score (nSPS) is 21.1. The van der Waals surface area contributed by atoms with E-state index in [-0.39, 0.29) is 12.0 Å². The second-order valence-electron chi connectivity index (χ2n) is 4.98. The number of methoxy groups -OCH3 is 1. The van der Waals surface area contributed by atoms with Gasteiger partial charge >= 0.3 is 0 Å². The number of hydrogen-bond acceptors (Lipinski definition) is 5. The van der Waals surface area contributed by atoms with E-state index >= 15 is 0 Å². The Hall–Kier alpha value is -1.79. The number of amides is 1. The molecule has 0 aliphatic carbocycles. The lowest BCUT2D eigenvalue weighted by atomic mass is 10.1. The van der Waals surface area contributed by atoms with Gasteiger partial charge in [0.1, 0.15) is 12.7 Å². The van der Waals surface area contributed by atoms with Crippen LogP contribution in [0.25, 0.3) is 0 Å². The first-order valence-corrected chi connectivity index (χ1v) is 7.13. The van der Waals surface area contributed by atoms with Crippen LogP contribution in [0.3, 0.4) is 0 Å². The molecule has 2 unspecified atom stereocenters. The van der Waals surface area contributed by atoms with Gasteiger partial charge < -0.3 is 14.2 Å². The summed E-state index contributed by atoms with van der Waals surface area (Å²) in [7, 11) is 1.62. The molecule has 21 heavy (non-hydrogen) atoms. The Balaban J connectivity index is 1.90. The Morgan fingerprint density at radius 2 is 2.24 bits per heavy atom. The lowest BCUT2D eigenvalue weighted by Gasteiger charge is -2.16. The molecule has 0 radical (unpaired) electrons. The maximum absolute atomic E-state index is 11.4. The summed E-state index contributed by atoms with van der Waals surface area (Å²) in [6.07, 6.45) is 1.78. The molecule has 1 fully saturated rings. The number of nitrogens with two attached hydrogens (primary N) is 1. The fraction of sp³-hybridized carbons (Fsp3) is 0.533. The summed E-state index contributed by atoms with van der Waals surface area (Å²) in [5, 5.41) is 0. The van der Waals surface area contributed by atoms with Gasteiger partial charge in [0.25, 0.3) is 5.91 Å². The number of carbonyl (C=O) groups is 1. The van der Waals surface area contributed by atoms with Gasteiger partial charge in [0.15, 0.2) is 11.5 Å². The molecule has 1 aliphatic heterocycles. The van der Waals surface area contributed by atoms with Crippen molar-refractivity contribution in [2.45, 2.75) is 38.4 Å². The highest BCUT2D eigenvalue weighted by Crippen LogP contribution is 2.29. The molecule has 0 spiro atoms. The number of nitrogens with one attached hydrogen (secondary N) is 1. The van der Waals surface area contributed by atoms with Crippen molar-refractivity contribution in [3.63, 3.8) is 0 Å². The molecule has 6 heteroatoms. The standard InChI is InChI=1S/C15H22N2O4/c1-3-10-4-6-12(14(8-10)19-2)20-9-11-5-7-13(21-11)15(18)17-16/h4,6,8,11,13H,3,5,7,9,16H2,1-2H3,(H,17,18). The zero-order chi connectivity index (χ0) is 15.2. The molecular weight excluding hydrogens is 272 g/mol. The Morgan fingerprint density at radius 3 is 2.90 bits per heavy atom. The van der Waals surface area contributed by atoms with Gasteiger partial charge in [0.2, 0.25) is 0 Å². The molecule has 1 aromatic rings. The minimum Gasteiger partial charge on any atom is -0.493 e. The minimum absolute atomic E-state index is 0.108. The summed E-state index contributed by atoms with van der Waals surface area (Å²) in [5.41, 5.74) is 3.30. The summed E-state index contributed by atoms with van der Waals surface area (Å²) in [5.74, 6) is 6.21. The molecule has 1 heterocycles. The van der Waals surface area contributed by atoms with Crippen LogP contribution in [0.2, 0.25) is 0 Å². The monoisotopic (exact) mass is 294 g/mol. The number of benzene rings is 1. The van der Waals surface area contributed by atoms with Crippen molar-refractivity contribution in [1.82, 2.24) is 5.43 Å². The average Bonchev–Trinajstić information content (AvgIpc) is 3.00. The molecule has 0 aromatic heterocycles. The molecule has 0 saturated carbocycles. The third kappa shape index (κ3) is 3.86. The van der Waals surface area contributed by atoms with Crippen molar-refractivity contribution in [2.75, 3.05) is 13.7 Å². The van der Waals surface area contributed by atoms with Crippen molar-refractivity contribution >= 4 is 5.91 Å². The molecule has 2 atom stereocenters. The van der Waals surface area contributed by atoms with Crippen molar-refractivity contribution in [1.29, 1.82) is 0 Å². The van der Waals surface area contributed by atoms with Crippen LogP contribution in [-0.2, 0) is 16.0 Å². The van der Waals surface area contributed by atoms with Crippen LogP contribution < -0.4 is 20.7 Å². The molecule has 1 saturated heterocycles. The van der Waals surface area contributed by atoms with E-state index in [0.717, 1.165) is 12.8 Å². The molecule has 0 bridgehead atoms. The summed E-state index contributed by atoms with van der Waals surface area (Å²) in [6, 6.07) is 5.88. The van der Waals surface area contributed by atoms with E-state index < -0.39 is 6.10 Å². The zero-order valence-electron chi connectivity index (χ0n) is 12.4. The summed E-state index contributed by atoms with van der Waals surface area (Å²) in [4.78, 5) is 11.4. The largest absolute Gasteiger partial charge is 0.493 e. The molecular formula is C15H22N2O4. The van der Waals surface area contributed by atoms with Crippen LogP contribution in [0.15, 0.2) is 18.2 Å². The van der Waals surface area contributed by atoms with Gasteiger partial charge in [-0.3, -0.25) is 10.2 Å². The minimum atomic E-state index is -0.479. The molecule has 3 N–H and O–H groups in total. The Bertz CT molecular complexity index is 493. The van der Waals surface area contributed by atoms with Crippen LogP contribution in [-0.4, -0.2) is 31.8 Å². The predicted octanol–water partition coefficient (Wildman–Crippen LogP) is 1.17. The Morgan fingerprint density at radius 1 is 1.43 bits per heavy atom. The van der Waals surface area contributed by atoms with Crippen LogP contribution in [0.5, 0.6) is 11.5 Å². The van der Waals surface area contributed by atoms with E-state index in [0.29, 0.717) is 24.5 Å². The first kappa shape index (κ1) is 15.6. The number of aryl methyl sites for hydroxylation is 1. The van der Waals surface area contributed by atoms with E-state index in [1.54, 1.807) is 7.11 Å². The summed E-state index contributed by atoms with van der Waals surface area (Å²) >= 11 is 0. The highest BCUT2D eigenvalue weighted by Gasteiger charge is 2.30. The number of rotatable bonds is 6. The second-order valence-corrected chi connectivity index (χ2v) is 4.98. The first-order valence-electron chi connectivity index (χ1n) is 7.13. The van der Waals surface area contributed by atoms with Crippen LogP contribution >= 0.6 is 0 Å². The Labute approximate surface area is 124 Å². The average molecular weight is 294 g/mol. The topological polar surface area (TPSA) is 82.8 Å². The molecule has 1 aliphatic rings. The summed E-state index contributed by atoms with van der Waals surface area (Å²) < 4.78 is 16.7. The molecule has 1 amide bonds. The van der Waals surface area contributed by atoms with Crippen LogP contribution in [0.1, 0.15) is 25.3 Å². The number of hydrazine groups is 1. The predicted molar refractivity (Wildman–Crippen MR) is 78.1 cm³/mol. The van der Waals surface area contributed by atoms with E-state index in [4.69, 9.17) is 20.1 Å². The van der Waals surface area contributed by atoms with Crippen molar-refractivity contribution in [2.24, 2.45) is 5.84 Å². The van der Waals surface area contributed by atoms with Gasteiger partial charge in [-0.1, -0.05) is 13.0 Å². The van der Waals surface area contributed by atoms with E-state index in [1.165, 1.54) is 5.56 Å². The number of ether oxygens (including phenoxy) is 3. The van der Waals surface area contributed by atoms with E-state index in [2.05, 4.69) is 12.3 Å². The molecule has 2 rings (SSSR count). The second kappa shape index (κ2) is 7.28. The highest BCUT2D eigenvalue weighted by molar-refractivity contribution is 5.80. The fourth-order valence-electron chi connectivity index (χ4n) is 2.35. The van der Waals surface area contributed by atoms with Gasteiger partial charge in [-0.15, -0.1) is 0 Å². The SMILES string of the molecule is CCc1ccc(OCC2CCC(C(=O)NN)O2)c(OC)c1. The smallest absolute Gasteiger partial charge is 0.263 e. The van der Waals surface area contributed by atoms with Crippen molar-refractivity contribution in [3.8, 4) is 11.5 Å². The summed E-state index contributed by atoms with van der Waals surface area (Å²) in [6.45, 7) is 2.47. The maximum atomic E-state index is 11.4. The molecule has 116 valence electrons. The fourth-order valence-corrected chi connectivity index (χ4v) is 2.35. The maximum Gasteiger partial charge on any atom is 0.263 e. The third-order valence-electron chi connectivity index (χ3n) is 3.60. The van der Waals surface area contributed by atoms with Gasteiger partial charge in [0.05, 0.1) is 13.2 Å². The van der Waals surface area contributed by atoms with E-state index in [1.807, 2.05) is 18.2 Å². The first-order chi connectivity index (χ1) is 10.2. The van der Waals surface area contributed by atoms with E-state index in [9.17, 15) is 4.79 Å². The van der Waals surface area contributed by atoms with Crippen molar-refractivity contribution in [3.05, 3.63) is 23.8 Å². The lowest BCUT2D eigenvalue weighted by molar-refractivity contribution is -0.132. The quantitative estimate of drug-likeness (QED) is 0.467. The number of carbonyl (C=O) groups excluding carboxylic acids is 1. The van der Waals surface area contributed by atoms with Crippen molar-refractivity contribution < 1.29 is 19.0 Å². The highest BCUT2D eigenvalue weighted by atomic mass is 16.6. The number of hydrogen-bond donors (Lipinski definition) is 2. The van der Waals surface area contributed by atoms with Gasteiger partial charge in [-0.2, -0.15) is 0 Å². The Kier molecular flexibility index (Phi) is 5.41. The van der Waals surface area contributed by atoms with Crippen LogP contribution in [0.4, 0.5) is 0 Å². The van der Waals surface area contributed by atoms with Gasteiger partial charge in [-0.05, 0) is 37.0 Å². The van der Waals surface area contributed by atoms with Gasteiger partial charge in [0, 0.05) is 0 Å². The lowest BCUT2D eigenvalue weighted by Crippen LogP contribution is -2.39. The van der Waals surface area contributed by atoms with Gasteiger partial charge in [-0.25, -0.2) is 5.84 Å². The van der Waals surface area contributed by atoms with Crippen LogP contribution in [0, 0.1) is 0 Å². The molecule has 1 aromatic carbocycles. The zero-order valence-corrected chi connectivity index (χ0v) is 12.4.